The smallest absolute Gasteiger partial charge is 0.164 e. The number of terminal acetylenes is 1. The standard InChI is InChI=1S/C28H18BrN3O/c1-3-5-10-18(4-2)26-30-27(19-11-7-6-8-12-19)32-28(31-26)20-15-16-24-22(17-20)21-13-9-14-23(29)25(21)33-24/h1,4-17H,2H3/b10-5-,18-4+. The zero-order valence-corrected chi connectivity index (χ0v) is 19.4. The molecule has 3 aromatic carbocycles. The van der Waals surface area contributed by atoms with Gasteiger partial charge in [-0.25, -0.2) is 15.0 Å². The van der Waals surface area contributed by atoms with Gasteiger partial charge in [-0.05, 0) is 59.3 Å². The van der Waals surface area contributed by atoms with E-state index in [1.807, 2.05) is 79.7 Å². The molecule has 0 amide bonds. The lowest BCUT2D eigenvalue weighted by Gasteiger charge is -2.08. The highest BCUT2D eigenvalue weighted by Gasteiger charge is 2.15. The minimum Gasteiger partial charge on any atom is -0.455 e. The Morgan fingerprint density at radius 2 is 1.70 bits per heavy atom. The molecule has 0 saturated heterocycles. The Hall–Kier alpha value is -4.01. The van der Waals surface area contributed by atoms with Gasteiger partial charge in [0.2, 0.25) is 0 Å². The molecule has 158 valence electrons. The van der Waals surface area contributed by atoms with E-state index in [4.69, 9.17) is 25.8 Å². The van der Waals surface area contributed by atoms with E-state index in [1.54, 1.807) is 6.08 Å². The summed E-state index contributed by atoms with van der Waals surface area (Å²) in [5, 5.41) is 2.04. The molecule has 0 fully saturated rings. The largest absolute Gasteiger partial charge is 0.455 e. The molecule has 0 aliphatic heterocycles. The fraction of sp³-hybridized carbons (Fsp3) is 0.0357. The number of allylic oxidation sites excluding steroid dienone is 4. The van der Waals surface area contributed by atoms with Crippen LogP contribution in [0.25, 0.3) is 50.3 Å². The molecule has 5 aromatic rings. The third-order valence-corrected chi connectivity index (χ3v) is 5.93. The van der Waals surface area contributed by atoms with Gasteiger partial charge in [0.1, 0.15) is 11.2 Å². The molecular formula is C28H18BrN3O. The highest BCUT2D eigenvalue weighted by atomic mass is 79.9. The van der Waals surface area contributed by atoms with Crippen LogP contribution in [0.2, 0.25) is 0 Å². The molecule has 0 radical (unpaired) electrons. The predicted octanol–water partition coefficient (Wildman–Crippen LogP) is 7.46. The first-order chi connectivity index (χ1) is 16.2. The predicted molar refractivity (Wildman–Crippen MR) is 137 cm³/mol. The number of para-hydroxylation sites is 1. The summed E-state index contributed by atoms with van der Waals surface area (Å²) in [6.45, 7) is 1.93. The number of fused-ring (bicyclic) bond motifs is 3. The Bertz CT molecular complexity index is 1590. The van der Waals surface area contributed by atoms with Gasteiger partial charge in [0, 0.05) is 27.5 Å². The van der Waals surface area contributed by atoms with Crippen molar-refractivity contribution in [3.63, 3.8) is 0 Å². The van der Waals surface area contributed by atoms with Crippen LogP contribution < -0.4 is 0 Å². The topological polar surface area (TPSA) is 51.8 Å². The van der Waals surface area contributed by atoms with Crippen molar-refractivity contribution in [1.29, 1.82) is 0 Å². The lowest BCUT2D eigenvalue weighted by molar-refractivity contribution is 0.667. The first-order valence-electron chi connectivity index (χ1n) is 10.4. The molecule has 2 heterocycles. The van der Waals surface area contributed by atoms with Crippen molar-refractivity contribution >= 4 is 43.4 Å². The van der Waals surface area contributed by atoms with Crippen molar-refractivity contribution in [3.05, 3.63) is 95.3 Å². The SMILES string of the molecule is C#C/C=C\C(=C/C)c1nc(-c2ccccc2)nc(-c2ccc3oc4c(Br)cccc4c3c2)n1. The second-order valence-electron chi connectivity index (χ2n) is 7.35. The van der Waals surface area contributed by atoms with E-state index >= 15 is 0 Å². The number of nitrogens with zero attached hydrogens (tertiary/aromatic N) is 3. The van der Waals surface area contributed by atoms with Crippen LogP contribution in [-0.2, 0) is 0 Å². The van der Waals surface area contributed by atoms with Gasteiger partial charge >= 0.3 is 0 Å². The maximum atomic E-state index is 6.05. The van der Waals surface area contributed by atoms with Crippen molar-refractivity contribution < 1.29 is 4.42 Å². The number of rotatable bonds is 4. The monoisotopic (exact) mass is 491 g/mol. The van der Waals surface area contributed by atoms with Gasteiger partial charge in [0.05, 0.1) is 4.47 Å². The van der Waals surface area contributed by atoms with E-state index in [1.165, 1.54) is 0 Å². The van der Waals surface area contributed by atoms with Crippen LogP contribution in [-0.4, -0.2) is 15.0 Å². The van der Waals surface area contributed by atoms with Crippen LogP contribution in [0.1, 0.15) is 12.7 Å². The molecule has 0 atom stereocenters. The van der Waals surface area contributed by atoms with Crippen molar-refractivity contribution in [2.45, 2.75) is 6.92 Å². The van der Waals surface area contributed by atoms with Crippen molar-refractivity contribution in [3.8, 4) is 35.1 Å². The fourth-order valence-corrected chi connectivity index (χ4v) is 4.14. The summed E-state index contributed by atoms with van der Waals surface area (Å²) in [5.74, 6) is 4.27. The summed E-state index contributed by atoms with van der Waals surface area (Å²) < 4.78 is 6.97. The van der Waals surface area contributed by atoms with E-state index in [2.05, 4.69) is 27.9 Å². The van der Waals surface area contributed by atoms with Crippen LogP contribution in [0.15, 0.2) is 93.8 Å². The highest BCUT2D eigenvalue weighted by Crippen LogP contribution is 2.35. The molecule has 0 aliphatic carbocycles. The number of benzene rings is 3. The van der Waals surface area contributed by atoms with E-state index in [9.17, 15) is 0 Å². The Morgan fingerprint density at radius 3 is 2.45 bits per heavy atom. The Balaban J connectivity index is 1.73. The molecule has 0 spiro atoms. The molecule has 0 N–H and O–H groups in total. The number of hydrogen-bond donors (Lipinski definition) is 0. The van der Waals surface area contributed by atoms with E-state index in [-0.39, 0.29) is 0 Å². The number of halogens is 1. The van der Waals surface area contributed by atoms with Crippen LogP contribution in [0.4, 0.5) is 0 Å². The van der Waals surface area contributed by atoms with Gasteiger partial charge in [0.25, 0.3) is 0 Å². The zero-order valence-electron chi connectivity index (χ0n) is 17.8. The van der Waals surface area contributed by atoms with Gasteiger partial charge in [-0.2, -0.15) is 0 Å². The van der Waals surface area contributed by atoms with Gasteiger partial charge < -0.3 is 4.42 Å². The van der Waals surface area contributed by atoms with Gasteiger partial charge in [0.15, 0.2) is 17.5 Å². The van der Waals surface area contributed by atoms with Gasteiger partial charge in [-0.3, -0.25) is 0 Å². The van der Waals surface area contributed by atoms with Crippen molar-refractivity contribution in [2.75, 3.05) is 0 Å². The van der Waals surface area contributed by atoms with Crippen LogP contribution in [0.3, 0.4) is 0 Å². The van der Waals surface area contributed by atoms with Crippen molar-refractivity contribution in [1.82, 2.24) is 15.0 Å². The Labute approximate surface area is 199 Å². The summed E-state index contributed by atoms with van der Waals surface area (Å²) >= 11 is 3.57. The van der Waals surface area contributed by atoms with E-state index in [0.29, 0.717) is 17.5 Å². The molecule has 0 aliphatic rings. The minimum absolute atomic E-state index is 0.563. The molecule has 0 unspecified atom stereocenters. The summed E-state index contributed by atoms with van der Waals surface area (Å²) in [6.07, 6.45) is 10.8. The van der Waals surface area contributed by atoms with Gasteiger partial charge in [-0.1, -0.05) is 54.5 Å². The molecule has 33 heavy (non-hydrogen) atoms. The molecule has 2 aromatic heterocycles. The summed E-state index contributed by atoms with van der Waals surface area (Å²) in [5.41, 5.74) is 4.25. The van der Waals surface area contributed by atoms with E-state index in [0.717, 1.165) is 43.1 Å². The second-order valence-corrected chi connectivity index (χ2v) is 8.20. The molecular weight excluding hydrogens is 474 g/mol. The summed E-state index contributed by atoms with van der Waals surface area (Å²) in [7, 11) is 0. The van der Waals surface area contributed by atoms with Crippen LogP contribution in [0, 0.1) is 12.3 Å². The maximum absolute atomic E-state index is 6.05. The third kappa shape index (κ3) is 3.97. The van der Waals surface area contributed by atoms with Crippen LogP contribution >= 0.6 is 15.9 Å². The quantitative estimate of drug-likeness (QED) is 0.193. The fourth-order valence-electron chi connectivity index (χ4n) is 3.69. The average molecular weight is 492 g/mol. The van der Waals surface area contributed by atoms with Crippen LogP contribution in [0.5, 0.6) is 0 Å². The third-order valence-electron chi connectivity index (χ3n) is 5.30. The normalized spacial score (nSPS) is 12.0. The lowest BCUT2D eigenvalue weighted by Crippen LogP contribution is -2.02. The first kappa shape index (κ1) is 20.9. The molecule has 0 bridgehead atoms. The van der Waals surface area contributed by atoms with Gasteiger partial charge in [-0.15, -0.1) is 6.42 Å². The highest BCUT2D eigenvalue weighted by molar-refractivity contribution is 9.10. The minimum atomic E-state index is 0.563. The molecule has 5 heteroatoms. The Morgan fingerprint density at radius 1 is 0.909 bits per heavy atom. The second kappa shape index (κ2) is 8.85. The number of furan rings is 1. The number of hydrogen-bond acceptors (Lipinski definition) is 4. The molecule has 0 saturated carbocycles. The lowest BCUT2D eigenvalue weighted by atomic mass is 10.1. The number of aromatic nitrogens is 3. The molecule has 5 rings (SSSR count). The first-order valence-corrected chi connectivity index (χ1v) is 11.2. The maximum Gasteiger partial charge on any atom is 0.164 e. The average Bonchev–Trinajstić information content (AvgIpc) is 3.24. The summed E-state index contributed by atoms with van der Waals surface area (Å²) in [6, 6.07) is 21.9. The summed E-state index contributed by atoms with van der Waals surface area (Å²) in [4.78, 5) is 14.3. The molecule has 4 nitrogen and oxygen atoms in total. The zero-order chi connectivity index (χ0) is 22.8. The Kier molecular flexibility index (Phi) is 5.60. The van der Waals surface area contributed by atoms with E-state index < -0.39 is 0 Å². The van der Waals surface area contributed by atoms with Crippen molar-refractivity contribution in [2.24, 2.45) is 0 Å².